The van der Waals surface area contributed by atoms with Gasteiger partial charge in [-0.05, 0) is 18.6 Å². The summed E-state index contributed by atoms with van der Waals surface area (Å²) < 4.78 is 4.85. The molecule has 58 valence electrons. The van der Waals surface area contributed by atoms with Gasteiger partial charge < -0.3 is 4.74 Å². The summed E-state index contributed by atoms with van der Waals surface area (Å²) in [4.78, 5) is 0. The highest BCUT2D eigenvalue weighted by Gasteiger charge is 1.95. The summed E-state index contributed by atoms with van der Waals surface area (Å²) in [5.74, 6) is 0.523. The summed E-state index contributed by atoms with van der Waals surface area (Å²) in [6.07, 6.45) is 0. The smallest absolute Gasteiger partial charge is 0.233 e. The van der Waals surface area contributed by atoms with Crippen molar-refractivity contribution in [3.8, 4) is 5.88 Å². The third-order valence-corrected chi connectivity index (χ3v) is 1.29. The topological polar surface area (TPSA) is 35.0 Å². The maximum absolute atomic E-state index is 4.85. The first-order valence-electron chi connectivity index (χ1n) is 3.27. The number of hydrogen-bond acceptors (Lipinski definition) is 3. The molecule has 3 heteroatoms. The molecule has 0 aromatic carbocycles. The van der Waals surface area contributed by atoms with Gasteiger partial charge in [-0.2, -0.15) is 0 Å². The van der Waals surface area contributed by atoms with Crippen LogP contribution in [0.15, 0.2) is 18.7 Å². The summed E-state index contributed by atoms with van der Waals surface area (Å²) in [5.41, 5.74) is 1.70. The van der Waals surface area contributed by atoms with Crippen LogP contribution in [0, 0.1) is 0 Å². The van der Waals surface area contributed by atoms with Gasteiger partial charge >= 0.3 is 0 Å². The molecule has 0 unspecified atom stereocenters. The lowest BCUT2D eigenvalue weighted by Crippen LogP contribution is -1.92. The van der Waals surface area contributed by atoms with Gasteiger partial charge in [0.1, 0.15) is 0 Å². The molecule has 0 saturated heterocycles. The van der Waals surface area contributed by atoms with Crippen molar-refractivity contribution < 1.29 is 4.74 Å². The Morgan fingerprint density at radius 3 is 2.55 bits per heavy atom. The van der Waals surface area contributed by atoms with Crippen molar-refractivity contribution in [2.75, 3.05) is 7.11 Å². The van der Waals surface area contributed by atoms with Crippen LogP contribution in [-0.2, 0) is 0 Å². The third kappa shape index (κ3) is 1.77. The maximum atomic E-state index is 4.85. The number of aromatic nitrogens is 2. The number of methoxy groups -OCH3 is 1. The quantitative estimate of drug-likeness (QED) is 0.641. The van der Waals surface area contributed by atoms with Gasteiger partial charge in [-0.3, -0.25) is 0 Å². The Bertz CT molecular complexity index is 253. The van der Waals surface area contributed by atoms with E-state index in [9.17, 15) is 0 Å². The Labute approximate surface area is 65.7 Å². The molecule has 1 aromatic heterocycles. The first kappa shape index (κ1) is 7.72. The molecule has 0 aliphatic rings. The Hall–Kier alpha value is -1.38. The molecule has 1 rings (SSSR count). The second-order valence-electron chi connectivity index (χ2n) is 2.24. The molecule has 1 heterocycles. The number of rotatable bonds is 2. The van der Waals surface area contributed by atoms with E-state index < -0.39 is 0 Å². The Morgan fingerprint density at radius 1 is 1.45 bits per heavy atom. The maximum Gasteiger partial charge on any atom is 0.233 e. The molecule has 0 atom stereocenters. The second kappa shape index (κ2) is 3.14. The zero-order valence-electron chi connectivity index (χ0n) is 6.66. The van der Waals surface area contributed by atoms with Gasteiger partial charge in [0.15, 0.2) is 0 Å². The van der Waals surface area contributed by atoms with E-state index in [1.54, 1.807) is 13.2 Å². The van der Waals surface area contributed by atoms with Crippen LogP contribution in [0.3, 0.4) is 0 Å². The second-order valence-corrected chi connectivity index (χ2v) is 2.24. The molecule has 11 heavy (non-hydrogen) atoms. The summed E-state index contributed by atoms with van der Waals surface area (Å²) >= 11 is 0. The predicted molar refractivity (Wildman–Crippen MR) is 43.3 cm³/mol. The minimum atomic E-state index is 0.523. The Kier molecular flexibility index (Phi) is 2.21. The molecule has 0 saturated carbocycles. The van der Waals surface area contributed by atoms with Crippen LogP contribution < -0.4 is 4.74 Å². The van der Waals surface area contributed by atoms with Gasteiger partial charge in [0, 0.05) is 6.07 Å². The molecule has 0 radical (unpaired) electrons. The third-order valence-electron chi connectivity index (χ3n) is 1.29. The summed E-state index contributed by atoms with van der Waals surface area (Å²) in [5, 5.41) is 7.66. The van der Waals surface area contributed by atoms with E-state index in [4.69, 9.17) is 4.74 Å². The SMILES string of the molecule is C=C(C)c1ccc(OC)nn1. The molecular formula is C8H10N2O. The van der Waals surface area contributed by atoms with Crippen molar-refractivity contribution >= 4 is 5.57 Å². The number of hydrogen-bond donors (Lipinski definition) is 0. The normalized spacial score (nSPS) is 9.27. The fourth-order valence-corrected chi connectivity index (χ4v) is 0.657. The van der Waals surface area contributed by atoms with Crippen LogP contribution >= 0.6 is 0 Å². The fourth-order valence-electron chi connectivity index (χ4n) is 0.657. The van der Waals surface area contributed by atoms with Crippen LogP contribution in [0.25, 0.3) is 5.57 Å². The van der Waals surface area contributed by atoms with Gasteiger partial charge in [0.25, 0.3) is 0 Å². The van der Waals surface area contributed by atoms with Gasteiger partial charge in [0.05, 0.1) is 12.8 Å². The van der Waals surface area contributed by atoms with E-state index in [0.29, 0.717) is 5.88 Å². The Balaban J connectivity index is 2.91. The van der Waals surface area contributed by atoms with Crippen LogP contribution in [0.5, 0.6) is 5.88 Å². The first-order valence-corrected chi connectivity index (χ1v) is 3.27. The standard InChI is InChI=1S/C8H10N2O/c1-6(2)7-4-5-8(11-3)10-9-7/h4-5H,1H2,2-3H3. The molecule has 0 aliphatic carbocycles. The summed E-state index contributed by atoms with van der Waals surface area (Å²) in [6.45, 7) is 5.62. The van der Waals surface area contributed by atoms with Crippen molar-refractivity contribution in [2.45, 2.75) is 6.92 Å². The van der Waals surface area contributed by atoms with E-state index in [2.05, 4.69) is 16.8 Å². The lowest BCUT2D eigenvalue weighted by atomic mass is 10.2. The molecule has 0 bridgehead atoms. The highest BCUT2D eigenvalue weighted by atomic mass is 16.5. The monoisotopic (exact) mass is 150 g/mol. The molecule has 0 aliphatic heterocycles. The van der Waals surface area contributed by atoms with Gasteiger partial charge in [-0.1, -0.05) is 6.58 Å². The molecule has 1 aromatic rings. The summed E-state index contributed by atoms with van der Waals surface area (Å²) in [7, 11) is 1.56. The molecule has 0 fully saturated rings. The van der Waals surface area contributed by atoms with E-state index in [-0.39, 0.29) is 0 Å². The highest BCUT2D eigenvalue weighted by Crippen LogP contribution is 2.09. The highest BCUT2D eigenvalue weighted by molar-refractivity contribution is 5.56. The number of ether oxygens (including phenoxy) is 1. The minimum Gasteiger partial charge on any atom is -0.480 e. The average molecular weight is 150 g/mol. The molecule has 0 amide bonds. The lowest BCUT2D eigenvalue weighted by molar-refractivity contribution is 0.391. The van der Waals surface area contributed by atoms with Gasteiger partial charge in [0.2, 0.25) is 5.88 Å². The Morgan fingerprint density at radius 2 is 2.18 bits per heavy atom. The van der Waals surface area contributed by atoms with Crippen molar-refractivity contribution in [2.24, 2.45) is 0 Å². The van der Waals surface area contributed by atoms with Crippen molar-refractivity contribution in [1.29, 1.82) is 0 Å². The lowest BCUT2D eigenvalue weighted by Gasteiger charge is -1.98. The van der Waals surface area contributed by atoms with E-state index in [0.717, 1.165) is 11.3 Å². The fraction of sp³-hybridized carbons (Fsp3) is 0.250. The number of allylic oxidation sites excluding steroid dienone is 1. The molecular weight excluding hydrogens is 140 g/mol. The average Bonchev–Trinajstić information content (AvgIpc) is 2.05. The van der Waals surface area contributed by atoms with Crippen molar-refractivity contribution in [3.63, 3.8) is 0 Å². The largest absolute Gasteiger partial charge is 0.480 e. The van der Waals surface area contributed by atoms with Crippen LogP contribution in [0.4, 0.5) is 0 Å². The van der Waals surface area contributed by atoms with Crippen LogP contribution in [0.2, 0.25) is 0 Å². The molecule has 3 nitrogen and oxygen atoms in total. The predicted octanol–water partition coefficient (Wildman–Crippen LogP) is 1.52. The molecule has 0 N–H and O–H groups in total. The van der Waals surface area contributed by atoms with E-state index in [1.807, 2.05) is 13.0 Å². The minimum absolute atomic E-state index is 0.523. The van der Waals surface area contributed by atoms with Gasteiger partial charge in [-0.15, -0.1) is 10.2 Å². The van der Waals surface area contributed by atoms with Gasteiger partial charge in [-0.25, -0.2) is 0 Å². The number of nitrogens with zero attached hydrogens (tertiary/aromatic N) is 2. The van der Waals surface area contributed by atoms with E-state index in [1.165, 1.54) is 0 Å². The zero-order valence-corrected chi connectivity index (χ0v) is 6.66. The summed E-state index contributed by atoms with van der Waals surface area (Å²) in [6, 6.07) is 3.59. The van der Waals surface area contributed by atoms with Crippen LogP contribution in [0.1, 0.15) is 12.6 Å². The van der Waals surface area contributed by atoms with E-state index >= 15 is 0 Å². The van der Waals surface area contributed by atoms with Crippen molar-refractivity contribution in [3.05, 3.63) is 24.4 Å². The molecule has 0 spiro atoms. The first-order chi connectivity index (χ1) is 5.24. The van der Waals surface area contributed by atoms with Crippen molar-refractivity contribution in [1.82, 2.24) is 10.2 Å². The van der Waals surface area contributed by atoms with Crippen LogP contribution in [-0.4, -0.2) is 17.3 Å². The zero-order chi connectivity index (χ0) is 8.27.